The van der Waals surface area contributed by atoms with E-state index in [4.69, 9.17) is 11.6 Å². The van der Waals surface area contributed by atoms with Gasteiger partial charge in [-0.2, -0.15) is 0 Å². The van der Waals surface area contributed by atoms with E-state index in [2.05, 4.69) is 15.6 Å². The van der Waals surface area contributed by atoms with Crippen molar-refractivity contribution in [3.05, 3.63) is 70.2 Å². The Kier molecular flexibility index (Phi) is 5.65. The maximum absolute atomic E-state index is 12.4. The SMILES string of the molecule is Cc1nc(-c2ccc(Cl)cc2)sc1C(=O)NCC(=O)Nc1ccccc1. The summed E-state index contributed by atoms with van der Waals surface area (Å²) >= 11 is 7.18. The minimum absolute atomic E-state index is 0.110. The van der Waals surface area contributed by atoms with Crippen molar-refractivity contribution in [2.24, 2.45) is 0 Å². The highest BCUT2D eigenvalue weighted by atomic mass is 35.5. The predicted molar refractivity (Wildman–Crippen MR) is 105 cm³/mol. The van der Waals surface area contributed by atoms with Gasteiger partial charge in [0.05, 0.1) is 12.2 Å². The Morgan fingerprint density at radius 1 is 1.08 bits per heavy atom. The van der Waals surface area contributed by atoms with Gasteiger partial charge in [-0.15, -0.1) is 11.3 Å². The summed E-state index contributed by atoms with van der Waals surface area (Å²) in [4.78, 5) is 29.2. The highest BCUT2D eigenvalue weighted by molar-refractivity contribution is 7.17. The molecule has 2 N–H and O–H groups in total. The van der Waals surface area contributed by atoms with Crippen molar-refractivity contribution in [1.29, 1.82) is 0 Å². The molecule has 0 atom stereocenters. The number of carbonyl (C=O) groups is 2. The molecule has 2 amide bonds. The molecule has 0 aliphatic heterocycles. The molecule has 0 unspecified atom stereocenters. The van der Waals surface area contributed by atoms with Crippen LogP contribution < -0.4 is 10.6 Å². The Morgan fingerprint density at radius 2 is 1.77 bits per heavy atom. The summed E-state index contributed by atoms with van der Waals surface area (Å²) in [6, 6.07) is 16.4. The molecule has 2 aromatic carbocycles. The standard InChI is InChI=1S/C19H16ClN3O2S/c1-12-17(26-19(22-12)13-7-9-14(20)10-8-13)18(25)21-11-16(24)23-15-5-3-2-4-6-15/h2-10H,11H2,1H3,(H,21,25)(H,23,24). The largest absolute Gasteiger partial charge is 0.342 e. The van der Waals surface area contributed by atoms with Crippen LogP contribution in [0.4, 0.5) is 5.69 Å². The Labute approximate surface area is 160 Å². The molecule has 7 heteroatoms. The first-order valence-electron chi connectivity index (χ1n) is 7.89. The number of hydrogen-bond acceptors (Lipinski definition) is 4. The van der Waals surface area contributed by atoms with Gasteiger partial charge >= 0.3 is 0 Å². The molecule has 1 heterocycles. The van der Waals surface area contributed by atoms with Gasteiger partial charge in [0, 0.05) is 16.3 Å². The van der Waals surface area contributed by atoms with Crippen LogP contribution in [0, 0.1) is 6.92 Å². The third-order valence-electron chi connectivity index (χ3n) is 3.56. The van der Waals surface area contributed by atoms with E-state index in [1.807, 2.05) is 30.3 Å². The molecular formula is C19H16ClN3O2S. The van der Waals surface area contributed by atoms with Crippen LogP contribution in [0.1, 0.15) is 15.4 Å². The van der Waals surface area contributed by atoms with Gasteiger partial charge in [0.2, 0.25) is 5.91 Å². The van der Waals surface area contributed by atoms with Crippen LogP contribution in [0.5, 0.6) is 0 Å². The quantitative estimate of drug-likeness (QED) is 0.693. The second-order valence-corrected chi connectivity index (χ2v) is 6.97. The molecule has 0 saturated carbocycles. The average Bonchev–Trinajstić information content (AvgIpc) is 3.03. The number of anilines is 1. The number of hydrogen-bond donors (Lipinski definition) is 2. The van der Waals surface area contributed by atoms with Gasteiger partial charge in [0.25, 0.3) is 5.91 Å². The van der Waals surface area contributed by atoms with Crippen LogP contribution >= 0.6 is 22.9 Å². The third kappa shape index (κ3) is 4.47. The van der Waals surface area contributed by atoms with E-state index in [1.54, 1.807) is 31.2 Å². The van der Waals surface area contributed by atoms with Gasteiger partial charge in [0.15, 0.2) is 0 Å². The van der Waals surface area contributed by atoms with Crippen LogP contribution in [-0.2, 0) is 4.79 Å². The lowest BCUT2D eigenvalue weighted by molar-refractivity contribution is -0.115. The molecular weight excluding hydrogens is 370 g/mol. The van der Waals surface area contributed by atoms with Crippen molar-refractivity contribution in [2.45, 2.75) is 6.92 Å². The molecule has 132 valence electrons. The lowest BCUT2D eigenvalue weighted by atomic mass is 10.2. The third-order valence-corrected chi connectivity index (χ3v) is 5.02. The van der Waals surface area contributed by atoms with Gasteiger partial charge in [0.1, 0.15) is 9.88 Å². The number of para-hydroxylation sites is 1. The van der Waals surface area contributed by atoms with E-state index in [1.165, 1.54) is 11.3 Å². The summed E-state index contributed by atoms with van der Waals surface area (Å²) in [6.45, 7) is 1.66. The number of nitrogens with one attached hydrogen (secondary N) is 2. The fourth-order valence-corrected chi connectivity index (χ4v) is 3.40. The normalized spacial score (nSPS) is 10.4. The van der Waals surface area contributed by atoms with Crippen LogP contribution in [0.3, 0.4) is 0 Å². The number of halogens is 1. The van der Waals surface area contributed by atoms with Gasteiger partial charge in [-0.25, -0.2) is 4.98 Å². The fraction of sp³-hybridized carbons (Fsp3) is 0.105. The molecule has 0 aliphatic rings. The summed E-state index contributed by atoms with van der Waals surface area (Å²) in [5, 5.41) is 6.73. The smallest absolute Gasteiger partial charge is 0.263 e. The summed E-state index contributed by atoms with van der Waals surface area (Å²) in [5.41, 5.74) is 2.20. The Bertz CT molecular complexity index is 924. The molecule has 0 bridgehead atoms. The molecule has 0 radical (unpaired) electrons. The van der Waals surface area contributed by atoms with E-state index < -0.39 is 0 Å². The molecule has 3 rings (SSSR count). The molecule has 0 aliphatic carbocycles. The van der Waals surface area contributed by atoms with Crippen molar-refractivity contribution >= 4 is 40.4 Å². The second kappa shape index (κ2) is 8.12. The summed E-state index contributed by atoms with van der Waals surface area (Å²) in [5.74, 6) is -0.604. The highest BCUT2D eigenvalue weighted by Crippen LogP contribution is 2.28. The van der Waals surface area contributed by atoms with Crippen LogP contribution in [0.15, 0.2) is 54.6 Å². The Morgan fingerprint density at radius 3 is 2.46 bits per heavy atom. The minimum atomic E-state index is -0.316. The number of aromatic nitrogens is 1. The van der Waals surface area contributed by atoms with Gasteiger partial charge in [-0.05, 0) is 31.2 Å². The van der Waals surface area contributed by atoms with Crippen molar-refractivity contribution in [1.82, 2.24) is 10.3 Å². The Hall–Kier alpha value is -2.70. The summed E-state index contributed by atoms with van der Waals surface area (Å²) in [6.07, 6.45) is 0. The van der Waals surface area contributed by atoms with Crippen LogP contribution in [-0.4, -0.2) is 23.3 Å². The van der Waals surface area contributed by atoms with E-state index in [0.29, 0.717) is 21.3 Å². The Balaban J connectivity index is 1.63. The number of thiazole rings is 1. The maximum atomic E-state index is 12.4. The number of aryl methyl sites for hydroxylation is 1. The second-order valence-electron chi connectivity index (χ2n) is 5.54. The zero-order chi connectivity index (χ0) is 18.5. The zero-order valence-electron chi connectivity index (χ0n) is 14.0. The van der Waals surface area contributed by atoms with Crippen molar-refractivity contribution < 1.29 is 9.59 Å². The van der Waals surface area contributed by atoms with Crippen LogP contribution in [0.25, 0.3) is 10.6 Å². The highest BCUT2D eigenvalue weighted by Gasteiger charge is 2.17. The lowest BCUT2D eigenvalue weighted by Gasteiger charge is -2.06. The zero-order valence-corrected chi connectivity index (χ0v) is 15.5. The average molecular weight is 386 g/mol. The fourth-order valence-electron chi connectivity index (χ4n) is 2.29. The first-order chi connectivity index (χ1) is 12.5. The van der Waals surface area contributed by atoms with Gasteiger partial charge in [-0.3, -0.25) is 9.59 Å². The summed E-state index contributed by atoms with van der Waals surface area (Å²) < 4.78 is 0. The number of carbonyl (C=O) groups excluding carboxylic acids is 2. The number of nitrogens with zero attached hydrogens (tertiary/aromatic N) is 1. The first kappa shape index (κ1) is 18.1. The van der Waals surface area contributed by atoms with Crippen molar-refractivity contribution in [3.8, 4) is 10.6 Å². The number of amides is 2. The molecule has 5 nitrogen and oxygen atoms in total. The molecule has 0 saturated heterocycles. The molecule has 1 aromatic heterocycles. The number of benzene rings is 2. The molecule has 0 spiro atoms. The molecule has 3 aromatic rings. The minimum Gasteiger partial charge on any atom is -0.342 e. The summed E-state index contributed by atoms with van der Waals surface area (Å²) in [7, 11) is 0. The maximum Gasteiger partial charge on any atom is 0.263 e. The van der Waals surface area contributed by atoms with E-state index in [-0.39, 0.29) is 18.4 Å². The van der Waals surface area contributed by atoms with Crippen molar-refractivity contribution in [3.63, 3.8) is 0 Å². The first-order valence-corrected chi connectivity index (χ1v) is 9.09. The van der Waals surface area contributed by atoms with Crippen molar-refractivity contribution in [2.75, 3.05) is 11.9 Å². The monoisotopic (exact) mass is 385 g/mol. The van der Waals surface area contributed by atoms with Gasteiger partial charge in [-0.1, -0.05) is 41.9 Å². The van der Waals surface area contributed by atoms with E-state index in [0.717, 1.165) is 10.6 Å². The van der Waals surface area contributed by atoms with Gasteiger partial charge < -0.3 is 10.6 Å². The molecule has 26 heavy (non-hydrogen) atoms. The topological polar surface area (TPSA) is 71.1 Å². The van der Waals surface area contributed by atoms with E-state index in [9.17, 15) is 9.59 Å². The van der Waals surface area contributed by atoms with E-state index >= 15 is 0 Å². The number of rotatable bonds is 5. The van der Waals surface area contributed by atoms with Crippen LogP contribution in [0.2, 0.25) is 5.02 Å². The lowest BCUT2D eigenvalue weighted by Crippen LogP contribution is -2.32. The molecule has 0 fully saturated rings. The predicted octanol–water partition coefficient (Wildman–Crippen LogP) is 4.14.